The summed E-state index contributed by atoms with van der Waals surface area (Å²) in [5.74, 6) is -0.394. The molecule has 6 nitrogen and oxygen atoms in total. The Labute approximate surface area is 198 Å². The third-order valence-electron chi connectivity index (χ3n) is 7.60. The predicted molar refractivity (Wildman–Crippen MR) is 130 cm³/mol. The zero-order valence-corrected chi connectivity index (χ0v) is 19.3. The van der Waals surface area contributed by atoms with Gasteiger partial charge in [0.25, 0.3) is 11.7 Å². The molecule has 1 N–H and O–H groups in total. The molecule has 2 aromatic carbocycles. The van der Waals surface area contributed by atoms with Gasteiger partial charge in [-0.15, -0.1) is 0 Å². The van der Waals surface area contributed by atoms with E-state index in [2.05, 4.69) is 0 Å². The molecule has 0 radical (unpaired) electrons. The molecule has 1 unspecified atom stereocenters. The number of benzene rings is 2. The number of ether oxygens (including phenoxy) is 1. The van der Waals surface area contributed by atoms with Crippen molar-refractivity contribution in [2.75, 3.05) is 6.61 Å². The lowest BCUT2D eigenvalue weighted by Crippen LogP contribution is -2.37. The van der Waals surface area contributed by atoms with Crippen LogP contribution in [-0.2, 0) is 23.1 Å². The largest absolute Gasteiger partial charge is 0.507 e. The molecule has 1 saturated heterocycles. The first kappa shape index (κ1) is 21.0. The molecule has 34 heavy (non-hydrogen) atoms. The topological polar surface area (TPSA) is 71.8 Å². The number of aryl methyl sites for hydroxylation is 2. The van der Waals surface area contributed by atoms with Crippen molar-refractivity contribution >= 4 is 28.4 Å². The minimum Gasteiger partial charge on any atom is -0.507 e. The Kier molecular flexibility index (Phi) is 4.97. The molecule has 0 bridgehead atoms. The highest BCUT2D eigenvalue weighted by Crippen LogP contribution is 2.46. The van der Waals surface area contributed by atoms with Gasteiger partial charge in [-0.2, -0.15) is 0 Å². The zero-order valence-electron chi connectivity index (χ0n) is 19.3. The van der Waals surface area contributed by atoms with E-state index in [-0.39, 0.29) is 17.4 Å². The van der Waals surface area contributed by atoms with Gasteiger partial charge in [-0.1, -0.05) is 31.0 Å². The van der Waals surface area contributed by atoms with Gasteiger partial charge in [0.15, 0.2) is 0 Å². The SMILES string of the molecule is Cn1cc(C2/C(=C(\O)c3ccc4c(c3)CCCO4)C(=O)C(=O)N2C2CCCC2)c2ccccc21. The van der Waals surface area contributed by atoms with Crippen LogP contribution >= 0.6 is 0 Å². The normalized spacial score (nSPS) is 22.4. The molecule has 3 aliphatic rings. The van der Waals surface area contributed by atoms with Crippen molar-refractivity contribution in [2.45, 2.75) is 50.6 Å². The number of Topliss-reactive ketones (excluding diaryl/α,β-unsaturated/α-hetero) is 1. The zero-order chi connectivity index (χ0) is 23.4. The van der Waals surface area contributed by atoms with Crippen LogP contribution in [0.2, 0.25) is 0 Å². The van der Waals surface area contributed by atoms with E-state index in [1.54, 1.807) is 11.0 Å². The van der Waals surface area contributed by atoms with Crippen LogP contribution < -0.4 is 4.74 Å². The van der Waals surface area contributed by atoms with Crippen LogP contribution in [-0.4, -0.2) is 38.9 Å². The molecule has 1 saturated carbocycles. The molecule has 1 aliphatic carbocycles. The monoisotopic (exact) mass is 456 g/mol. The summed E-state index contributed by atoms with van der Waals surface area (Å²) < 4.78 is 7.74. The molecule has 1 atom stereocenters. The van der Waals surface area contributed by atoms with Gasteiger partial charge in [0.05, 0.1) is 18.2 Å². The van der Waals surface area contributed by atoms with Crippen molar-refractivity contribution in [1.29, 1.82) is 0 Å². The van der Waals surface area contributed by atoms with E-state index in [9.17, 15) is 14.7 Å². The van der Waals surface area contributed by atoms with E-state index in [1.165, 1.54) is 0 Å². The number of aromatic nitrogens is 1. The van der Waals surface area contributed by atoms with Gasteiger partial charge in [-0.05, 0) is 55.5 Å². The van der Waals surface area contributed by atoms with E-state index in [1.807, 2.05) is 54.2 Å². The molecule has 174 valence electrons. The Balaban J connectivity index is 1.56. The van der Waals surface area contributed by atoms with Gasteiger partial charge >= 0.3 is 0 Å². The third kappa shape index (κ3) is 3.16. The van der Waals surface area contributed by atoms with Crippen molar-refractivity contribution < 1.29 is 19.4 Å². The number of amides is 1. The first-order valence-electron chi connectivity index (χ1n) is 12.1. The summed E-state index contributed by atoms with van der Waals surface area (Å²) in [4.78, 5) is 28.6. The van der Waals surface area contributed by atoms with Crippen LogP contribution in [0.4, 0.5) is 0 Å². The van der Waals surface area contributed by atoms with Gasteiger partial charge < -0.3 is 19.3 Å². The number of aliphatic hydroxyl groups is 1. The summed E-state index contributed by atoms with van der Waals surface area (Å²) in [5, 5.41) is 12.5. The molecule has 2 aliphatic heterocycles. The number of hydrogen-bond acceptors (Lipinski definition) is 4. The summed E-state index contributed by atoms with van der Waals surface area (Å²) in [6, 6.07) is 12.9. The van der Waals surface area contributed by atoms with Crippen molar-refractivity contribution in [2.24, 2.45) is 7.05 Å². The Morgan fingerprint density at radius 3 is 2.68 bits per heavy atom. The number of ketones is 1. The molecule has 3 heterocycles. The number of nitrogens with zero attached hydrogens (tertiary/aromatic N) is 2. The molecule has 0 spiro atoms. The third-order valence-corrected chi connectivity index (χ3v) is 7.60. The maximum Gasteiger partial charge on any atom is 0.295 e. The maximum absolute atomic E-state index is 13.5. The first-order chi connectivity index (χ1) is 16.5. The summed E-state index contributed by atoms with van der Waals surface area (Å²) in [7, 11) is 1.97. The van der Waals surface area contributed by atoms with Crippen LogP contribution in [0, 0.1) is 0 Å². The molecule has 1 aromatic heterocycles. The number of para-hydroxylation sites is 1. The smallest absolute Gasteiger partial charge is 0.295 e. The standard InChI is InChI=1S/C28H28N2O4/c1-29-16-21(20-10-4-5-11-22(20)29)25-24(27(32)28(33)30(25)19-8-2-3-9-19)26(31)18-12-13-23-17(15-18)7-6-14-34-23/h4-5,10-13,15-16,19,25,31H,2-3,6-9,14H2,1H3/b26-24+. The van der Waals surface area contributed by atoms with Crippen LogP contribution in [0.25, 0.3) is 16.7 Å². The molecule has 2 fully saturated rings. The Morgan fingerprint density at radius 2 is 1.85 bits per heavy atom. The number of rotatable bonds is 3. The summed E-state index contributed by atoms with van der Waals surface area (Å²) in [6.45, 7) is 0.686. The maximum atomic E-state index is 13.5. The van der Waals surface area contributed by atoms with Crippen LogP contribution in [0.5, 0.6) is 5.75 Å². The van der Waals surface area contributed by atoms with E-state index in [4.69, 9.17) is 4.74 Å². The lowest BCUT2D eigenvalue weighted by atomic mass is 9.93. The van der Waals surface area contributed by atoms with Crippen molar-refractivity contribution in [3.63, 3.8) is 0 Å². The van der Waals surface area contributed by atoms with Crippen molar-refractivity contribution in [3.8, 4) is 5.75 Å². The number of fused-ring (bicyclic) bond motifs is 2. The fourth-order valence-electron chi connectivity index (χ4n) is 5.97. The van der Waals surface area contributed by atoms with E-state index in [0.717, 1.165) is 66.3 Å². The van der Waals surface area contributed by atoms with Gasteiger partial charge in [0.2, 0.25) is 0 Å². The second-order valence-electron chi connectivity index (χ2n) is 9.63. The van der Waals surface area contributed by atoms with Crippen LogP contribution in [0.15, 0.2) is 54.2 Å². The molecule has 3 aromatic rings. The Morgan fingerprint density at radius 1 is 1.06 bits per heavy atom. The minimum absolute atomic E-state index is 0.00245. The number of aliphatic hydroxyl groups excluding tert-OH is 1. The molecule has 1 amide bonds. The van der Waals surface area contributed by atoms with E-state index < -0.39 is 17.7 Å². The quantitative estimate of drug-likeness (QED) is 0.347. The van der Waals surface area contributed by atoms with Crippen LogP contribution in [0.3, 0.4) is 0 Å². The number of hydrogen-bond donors (Lipinski definition) is 1. The number of carbonyl (C=O) groups excluding carboxylic acids is 2. The second kappa shape index (κ2) is 8.05. The Hall–Kier alpha value is -3.54. The molecule has 6 heteroatoms. The second-order valence-corrected chi connectivity index (χ2v) is 9.63. The van der Waals surface area contributed by atoms with Crippen LogP contribution in [0.1, 0.15) is 54.8 Å². The minimum atomic E-state index is -0.610. The Bertz CT molecular complexity index is 1350. The molecular formula is C28H28N2O4. The highest BCUT2D eigenvalue weighted by atomic mass is 16.5. The molecular weight excluding hydrogens is 428 g/mol. The van der Waals surface area contributed by atoms with Gasteiger partial charge in [0, 0.05) is 41.3 Å². The number of likely N-dealkylation sites (tertiary alicyclic amines) is 1. The number of carbonyl (C=O) groups is 2. The fourth-order valence-corrected chi connectivity index (χ4v) is 5.97. The van der Waals surface area contributed by atoms with Gasteiger partial charge in [-0.3, -0.25) is 9.59 Å². The summed E-state index contributed by atoms with van der Waals surface area (Å²) >= 11 is 0. The van der Waals surface area contributed by atoms with E-state index >= 15 is 0 Å². The average Bonchev–Trinajstić information content (AvgIpc) is 3.56. The van der Waals surface area contributed by atoms with Gasteiger partial charge in [0.1, 0.15) is 11.5 Å². The van der Waals surface area contributed by atoms with Gasteiger partial charge in [-0.25, -0.2) is 0 Å². The molecule has 6 rings (SSSR count). The predicted octanol–water partition coefficient (Wildman–Crippen LogP) is 4.87. The first-order valence-corrected chi connectivity index (χ1v) is 12.1. The lowest BCUT2D eigenvalue weighted by Gasteiger charge is -2.30. The highest BCUT2D eigenvalue weighted by Gasteiger charge is 2.50. The fraction of sp³-hybridized carbons (Fsp3) is 0.357. The van der Waals surface area contributed by atoms with Crippen molar-refractivity contribution in [3.05, 3.63) is 70.9 Å². The van der Waals surface area contributed by atoms with E-state index in [0.29, 0.717) is 12.2 Å². The lowest BCUT2D eigenvalue weighted by molar-refractivity contribution is -0.141. The average molecular weight is 457 g/mol. The summed E-state index contributed by atoms with van der Waals surface area (Å²) in [5.41, 5.74) is 3.67. The summed E-state index contributed by atoms with van der Waals surface area (Å²) in [6.07, 6.45) is 7.62. The van der Waals surface area contributed by atoms with Crippen molar-refractivity contribution in [1.82, 2.24) is 9.47 Å². The highest BCUT2D eigenvalue weighted by molar-refractivity contribution is 6.46.